The summed E-state index contributed by atoms with van der Waals surface area (Å²) in [5.74, 6) is 4.04. The number of carboxylic acid groups (broad SMARTS) is 1. The van der Waals surface area contributed by atoms with Gasteiger partial charge in [-0.3, -0.25) is 4.79 Å². The quantitative estimate of drug-likeness (QED) is 0.684. The van der Waals surface area contributed by atoms with Crippen molar-refractivity contribution >= 4 is 16.2 Å². The molecule has 0 aromatic rings. The monoisotopic (exact) mass is 260 g/mol. The summed E-state index contributed by atoms with van der Waals surface area (Å²) in [6.45, 7) is 1.85. The van der Waals surface area contributed by atoms with Gasteiger partial charge in [0.2, 0.25) is 0 Å². The van der Waals surface area contributed by atoms with Crippen LogP contribution < -0.4 is 4.72 Å². The molecule has 0 aromatic heterocycles. The van der Waals surface area contributed by atoms with E-state index >= 15 is 0 Å². The third kappa shape index (κ3) is 3.70. The highest BCUT2D eigenvalue weighted by atomic mass is 32.2. The first-order chi connectivity index (χ1) is 7.99. The van der Waals surface area contributed by atoms with E-state index in [-0.39, 0.29) is 13.1 Å². The number of carboxylic acids is 1. The molecule has 0 spiro atoms. The molecule has 0 aromatic carbocycles. The molecule has 1 saturated heterocycles. The Bertz CT molecular complexity index is 435. The van der Waals surface area contributed by atoms with E-state index in [0.717, 1.165) is 10.7 Å². The van der Waals surface area contributed by atoms with E-state index in [1.165, 1.54) is 0 Å². The molecular weight excluding hydrogens is 244 g/mol. The highest BCUT2D eigenvalue weighted by Crippen LogP contribution is 2.19. The van der Waals surface area contributed by atoms with Crippen LogP contribution in [0.25, 0.3) is 0 Å². The van der Waals surface area contributed by atoms with Crippen LogP contribution in [0.3, 0.4) is 0 Å². The second kappa shape index (κ2) is 6.00. The molecule has 1 aliphatic rings. The molecule has 6 nitrogen and oxygen atoms in total. The minimum atomic E-state index is -3.75. The lowest BCUT2D eigenvalue weighted by Crippen LogP contribution is -2.52. The number of piperidine rings is 1. The van der Waals surface area contributed by atoms with Crippen LogP contribution in [0.4, 0.5) is 0 Å². The standard InChI is InChI=1S/C10H16N2O4S/c1-2-3-7-11-17(15,16)12-8-5-4-6-9(12)10(13)14/h9,11H,4-8H2,1H3,(H,13,14). The molecule has 2 N–H and O–H groups in total. The first kappa shape index (κ1) is 14.0. The Hall–Kier alpha value is -1.10. The Labute approximate surface area is 101 Å². The van der Waals surface area contributed by atoms with E-state index in [1.54, 1.807) is 6.92 Å². The van der Waals surface area contributed by atoms with E-state index < -0.39 is 22.2 Å². The Morgan fingerprint density at radius 2 is 2.24 bits per heavy atom. The van der Waals surface area contributed by atoms with Gasteiger partial charge in [0.15, 0.2) is 0 Å². The van der Waals surface area contributed by atoms with E-state index in [2.05, 4.69) is 16.6 Å². The topological polar surface area (TPSA) is 86.7 Å². The summed E-state index contributed by atoms with van der Waals surface area (Å²) < 4.78 is 27.0. The molecule has 1 atom stereocenters. The van der Waals surface area contributed by atoms with Crippen molar-refractivity contribution in [1.82, 2.24) is 9.03 Å². The van der Waals surface area contributed by atoms with Crippen molar-refractivity contribution in [2.75, 3.05) is 13.1 Å². The average Bonchev–Trinajstić information content (AvgIpc) is 2.29. The number of carbonyl (C=O) groups is 1. The van der Waals surface area contributed by atoms with Gasteiger partial charge in [-0.05, 0) is 26.2 Å². The molecule has 17 heavy (non-hydrogen) atoms. The van der Waals surface area contributed by atoms with Gasteiger partial charge in [0, 0.05) is 6.54 Å². The fourth-order valence-electron chi connectivity index (χ4n) is 1.74. The van der Waals surface area contributed by atoms with Gasteiger partial charge in [-0.15, -0.1) is 5.92 Å². The van der Waals surface area contributed by atoms with Crippen LogP contribution in [0.5, 0.6) is 0 Å². The molecule has 96 valence electrons. The van der Waals surface area contributed by atoms with Crippen molar-refractivity contribution in [3.63, 3.8) is 0 Å². The lowest BCUT2D eigenvalue weighted by Gasteiger charge is -2.31. The zero-order valence-corrected chi connectivity index (χ0v) is 10.5. The van der Waals surface area contributed by atoms with Crippen molar-refractivity contribution in [1.29, 1.82) is 0 Å². The van der Waals surface area contributed by atoms with Gasteiger partial charge in [0.05, 0.1) is 6.54 Å². The summed E-state index contributed by atoms with van der Waals surface area (Å²) in [6, 6.07) is -0.962. The number of rotatable bonds is 4. The van der Waals surface area contributed by atoms with E-state index in [0.29, 0.717) is 12.8 Å². The van der Waals surface area contributed by atoms with Crippen molar-refractivity contribution < 1.29 is 18.3 Å². The summed E-state index contributed by atoms with van der Waals surface area (Å²) in [4.78, 5) is 11.0. The van der Waals surface area contributed by atoms with Gasteiger partial charge >= 0.3 is 5.97 Å². The largest absolute Gasteiger partial charge is 0.480 e. The number of aliphatic carboxylic acids is 1. The predicted octanol–water partition coefficient (Wildman–Crippen LogP) is -0.217. The summed E-state index contributed by atoms with van der Waals surface area (Å²) >= 11 is 0. The molecule has 1 aliphatic heterocycles. The third-order valence-corrected chi connectivity index (χ3v) is 4.13. The maximum atomic E-state index is 11.9. The highest BCUT2D eigenvalue weighted by Gasteiger charge is 2.36. The Morgan fingerprint density at radius 3 is 2.82 bits per heavy atom. The Morgan fingerprint density at radius 1 is 1.53 bits per heavy atom. The molecule has 1 fully saturated rings. The second-order valence-electron chi connectivity index (χ2n) is 3.71. The van der Waals surface area contributed by atoms with Crippen LogP contribution in [-0.4, -0.2) is 42.9 Å². The first-order valence-corrected chi connectivity index (χ1v) is 6.82. The van der Waals surface area contributed by atoms with Gasteiger partial charge in [0.25, 0.3) is 10.2 Å². The predicted molar refractivity (Wildman–Crippen MR) is 62.4 cm³/mol. The smallest absolute Gasteiger partial charge is 0.322 e. The fourth-order valence-corrected chi connectivity index (χ4v) is 3.06. The van der Waals surface area contributed by atoms with Gasteiger partial charge in [0.1, 0.15) is 6.04 Å². The highest BCUT2D eigenvalue weighted by molar-refractivity contribution is 7.87. The molecule has 0 amide bonds. The van der Waals surface area contributed by atoms with Crippen molar-refractivity contribution in [2.24, 2.45) is 0 Å². The van der Waals surface area contributed by atoms with Crippen LogP contribution in [-0.2, 0) is 15.0 Å². The lowest BCUT2D eigenvalue weighted by molar-refractivity contribution is -0.142. The van der Waals surface area contributed by atoms with Crippen LogP contribution in [0.15, 0.2) is 0 Å². The maximum absolute atomic E-state index is 11.9. The zero-order valence-electron chi connectivity index (χ0n) is 9.64. The minimum absolute atomic E-state index is 0.00166. The van der Waals surface area contributed by atoms with Crippen LogP contribution in [0, 0.1) is 11.8 Å². The summed E-state index contributed by atoms with van der Waals surface area (Å²) in [5.41, 5.74) is 0. The van der Waals surface area contributed by atoms with Crippen LogP contribution >= 0.6 is 0 Å². The Kier molecular flexibility index (Phi) is 4.93. The first-order valence-electron chi connectivity index (χ1n) is 5.38. The normalized spacial score (nSPS) is 21.6. The van der Waals surface area contributed by atoms with Crippen LogP contribution in [0.2, 0.25) is 0 Å². The summed E-state index contributed by atoms with van der Waals surface area (Å²) in [5, 5.41) is 8.98. The number of nitrogens with zero attached hydrogens (tertiary/aromatic N) is 1. The number of hydrogen-bond acceptors (Lipinski definition) is 3. The molecular formula is C10H16N2O4S. The van der Waals surface area contributed by atoms with Crippen LogP contribution in [0.1, 0.15) is 26.2 Å². The molecule has 7 heteroatoms. The van der Waals surface area contributed by atoms with Crippen molar-refractivity contribution in [3.8, 4) is 11.8 Å². The van der Waals surface area contributed by atoms with Gasteiger partial charge in [-0.1, -0.05) is 5.92 Å². The molecule has 1 heterocycles. The average molecular weight is 260 g/mol. The third-order valence-electron chi connectivity index (χ3n) is 2.57. The molecule has 1 rings (SSSR count). The maximum Gasteiger partial charge on any atom is 0.322 e. The molecule has 0 bridgehead atoms. The molecule has 0 saturated carbocycles. The Balaban J connectivity index is 2.78. The molecule has 0 aliphatic carbocycles. The van der Waals surface area contributed by atoms with E-state index in [9.17, 15) is 13.2 Å². The van der Waals surface area contributed by atoms with E-state index in [1.807, 2.05) is 0 Å². The SMILES string of the molecule is CC#CCNS(=O)(=O)N1CCCCC1C(=O)O. The number of nitrogens with one attached hydrogen (secondary N) is 1. The van der Waals surface area contributed by atoms with Crippen molar-refractivity contribution in [2.45, 2.75) is 32.2 Å². The van der Waals surface area contributed by atoms with Gasteiger partial charge in [-0.2, -0.15) is 17.4 Å². The van der Waals surface area contributed by atoms with Gasteiger partial charge in [-0.25, -0.2) is 0 Å². The van der Waals surface area contributed by atoms with Crippen molar-refractivity contribution in [3.05, 3.63) is 0 Å². The fraction of sp³-hybridized carbons (Fsp3) is 0.700. The summed E-state index contributed by atoms with van der Waals surface area (Å²) in [7, 11) is -3.75. The van der Waals surface area contributed by atoms with Gasteiger partial charge < -0.3 is 5.11 Å². The summed E-state index contributed by atoms with van der Waals surface area (Å²) in [6.07, 6.45) is 1.78. The second-order valence-corrected chi connectivity index (χ2v) is 5.42. The molecule has 0 radical (unpaired) electrons. The van der Waals surface area contributed by atoms with E-state index in [4.69, 9.17) is 5.11 Å². The minimum Gasteiger partial charge on any atom is -0.480 e. The lowest BCUT2D eigenvalue weighted by atomic mass is 10.1. The molecule has 1 unspecified atom stereocenters. The number of hydrogen-bond donors (Lipinski definition) is 2. The zero-order chi connectivity index (χ0) is 12.9.